The van der Waals surface area contributed by atoms with Crippen molar-refractivity contribution in [2.75, 3.05) is 32.9 Å². The van der Waals surface area contributed by atoms with Gasteiger partial charge in [-0.15, -0.1) is 0 Å². The second kappa shape index (κ2) is 5.89. The van der Waals surface area contributed by atoms with E-state index < -0.39 is 0 Å². The second-order valence-electron chi connectivity index (χ2n) is 3.83. The highest BCUT2D eigenvalue weighted by Crippen LogP contribution is 2.19. The molecule has 1 N–H and O–H groups in total. The van der Waals surface area contributed by atoms with Crippen molar-refractivity contribution >= 4 is 11.8 Å². The van der Waals surface area contributed by atoms with Gasteiger partial charge >= 0.3 is 0 Å². The number of likely N-dealkylation sites (N-methyl/N-ethyl adjacent to an activating group) is 1. The number of thioether (sulfide) groups is 1. The van der Waals surface area contributed by atoms with E-state index in [-0.39, 0.29) is 0 Å². The maximum Gasteiger partial charge on any atom is 0.0348 e. The summed E-state index contributed by atoms with van der Waals surface area (Å²) in [7, 11) is 2.26. The molecule has 0 aromatic rings. The first-order valence-corrected chi connectivity index (χ1v) is 6.52. The molecule has 0 spiro atoms. The van der Waals surface area contributed by atoms with Crippen LogP contribution in [-0.4, -0.2) is 49.1 Å². The smallest absolute Gasteiger partial charge is 0.0348 e. The molecule has 1 fully saturated rings. The molecule has 1 heterocycles. The molecule has 0 saturated carbocycles. The highest BCUT2D eigenvalue weighted by Gasteiger charge is 2.28. The van der Waals surface area contributed by atoms with Crippen molar-refractivity contribution in [3.63, 3.8) is 0 Å². The molecule has 1 saturated heterocycles. The summed E-state index contributed by atoms with van der Waals surface area (Å²) in [6.45, 7) is 5.86. The zero-order chi connectivity index (χ0) is 9.68. The van der Waals surface area contributed by atoms with Gasteiger partial charge in [0.25, 0.3) is 0 Å². The zero-order valence-electron chi connectivity index (χ0n) is 9.05. The highest BCUT2D eigenvalue weighted by atomic mass is 32.2. The van der Waals surface area contributed by atoms with Gasteiger partial charge in [0.2, 0.25) is 0 Å². The van der Waals surface area contributed by atoms with E-state index in [9.17, 15) is 0 Å². The van der Waals surface area contributed by atoms with E-state index in [1.54, 1.807) is 0 Å². The van der Waals surface area contributed by atoms with E-state index in [2.05, 4.69) is 30.4 Å². The first kappa shape index (κ1) is 11.3. The van der Waals surface area contributed by atoms with E-state index in [1.165, 1.54) is 32.5 Å². The normalized spacial score (nSPS) is 28.6. The SMILES string of the molecule is CCCCN(C)C1CNCC1SC. The van der Waals surface area contributed by atoms with Gasteiger partial charge in [0, 0.05) is 24.4 Å². The minimum absolute atomic E-state index is 0.751. The molecule has 0 aromatic carbocycles. The maximum atomic E-state index is 3.47. The topological polar surface area (TPSA) is 15.3 Å². The zero-order valence-corrected chi connectivity index (χ0v) is 9.86. The lowest BCUT2D eigenvalue weighted by Crippen LogP contribution is -2.39. The van der Waals surface area contributed by atoms with Gasteiger partial charge in [0.1, 0.15) is 0 Å². The van der Waals surface area contributed by atoms with Crippen LogP contribution in [0, 0.1) is 0 Å². The van der Waals surface area contributed by atoms with Crippen molar-refractivity contribution in [2.24, 2.45) is 0 Å². The van der Waals surface area contributed by atoms with Crippen LogP contribution in [0.3, 0.4) is 0 Å². The first-order chi connectivity index (χ1) is 6.29. The molecule has 2 unspecified atom stereocenters. The predicted molar refractivity (Wildman–Crippen MR) is 61.5 cm³/mol. The molecule has 0 aliphatic carbocycles. The van der Waals surface area contributed by atoms with Crippen molar-refractivity contribution in [3.05, 3.63) is 0 Å². The Morgan fingerprint density at radius 1 is 1.46 bits per heavy atom. The molecule has 0 radical (unpaired) electrons. The quantitative estimate of drug-likeness (QED) is 0.726. The second-order valence-corrected chi connectivity index (χ2v) is 4.91. The van der Waals surface area contributed by atoms with Crippen LogP contribution in [0.4, 0.5) is 0 Å². The number of hydrogen-bond acceptors (Lipinski definition) is 3. The molecule has 13 heavy (non-hydrogen) atoms. The van der Waals surface area contributed by atoms with E-state index in [0.717, 1.165) is 11.3 Å². The van der Waals surface area contributed by atoms with Gasteiger partial charge in [-0.3, -0.25) is 0 Å². The van der Waals surface area contributed by atoms with Gasteiger partial charge in [-0.1, -0.05) is 13.3 Å². The molecule has 0 bridgehead atoms. The van der Waals surface area contributed by atoms with E-state index in [0.29, 0.717) is 0 Å². The van der Waals surface area contributed by atoms with Crippen LogP contribution < -0.4 is 5.32 Å². The molecular weight excluding hydrogens is 180 g/mol. The Morgan fingerprint density at radius 3 is 2.85 bits per heavy atom. The number of nitrogens with one attached hydrogen (secondary N) is 1. The molecule has 1 aliphatic heterocycles. The average Bonchev–Trinajstić information content (AvgIpc) is 2.61. The van der Waals surface area contributed by atoms with Crippen molar-refractivity contribution < 1.29 is 0 Å². The Kier molecular flexibility index (Phi) is 5.14. The maximum absolute atomic E-state index is 3.47. The minimum atomic E-state index is 0.751. The van der Waals surface area contributed by atoms with Crippen LogP contribution in [-0.2, 0) is 0 Å². The summed E-state index contributed by atoms with van der Waals surface area (Å²) in [6, 6.07) is 0.751. The van der Waals surface area contributed by atoms with Crippen LogP contribution in [0.25, 0.3) is 0 Å². The summed E-state index contributed by atoms with van der Waals surface area (Å²) in [5, 5.41) is 4.26. The van der Waals surface area contributed by atoms with Gasteiger partial charge in [0.05, 0.1) is 0 Å². The number of hydrogen-bond donors (Lipinski definition) is 1. The van der Waals surface area contributed by atoms with Crippen LogP contribution in [0.2, 0.25) is 0 Å². The van der Waals surface area contributed by atoms with Crippen molar-refractivity contribution in [3.8, 4) is 0 Å². The molecule has 2 nitrogen and oxygen atoms in total. The fourth-order valence-electron chi connectivity index (χ4n) is 1.89. The van der Waals surface area contributed by atoms with Crippen LogP contribution >= 0.6 is 11.8 Å². The van der Waals surface area contributed by atoms with Crippen LogP contribution in [0.5, 0.6) is 0 Å². The monoisotopic (exact) mass is 202 g/mol. The third-order valence-electron chi connectivity index (χ3n) is 2.86. The van der Waals surface area contributed by atoms with Crippen LogP contribution in [0.15, 0.2) is 0 Å². The van der Waals surface area contributed by atoms with Crippen molar-refractivity contribution in [1.82, 2.24) is 10.2 Å². The summed E-state index contributed by atoms with van der Waals surface area (Å²) in [5.41, 5.74) is 0. The molecule has 1 rings (SSSR count). The Labute approximate surface area is 86.5 Å². The third-order valence-corrected chi connectivity index (χ3v) is 3.95. The fraction of sp³-hybridized carbons (Fsp3) is 1.00. The lowest BCUT2D eigenvalue weighted by molar-refractivity contribution is 0.257. The summed E-state index contributed by atoms with van der Waals surface area (Å²) < 4.78 is 0. The Balaban J connectivity index is 2.31. The number of unbranched alkanes of at least 4 members (excludes halogenated alkanes) is 1. The van der Waals surface area contributed by atoms with E-state index in [4.69, 9.17) is 0 Å². The summed E-state index contributed by atoms with van der Waals surface area (Å²) >= 11 is 2.00. The molecule has 0 aromatic heterocycles. The van der Waals surface area contributed by atoms with Crippen molar-refractivity contribution in [2.45, 2.75) is 31.1 Å². The lowest BCUT2D eigenvalue weighted by atomic mass is 10.2. The van der Waals surface area contributed by atoms with Gasteiger partial charge in [0.15, 0.2) is 0 Å². The minimum Gasteiger partial charge on any atom is -0.314 e. The largest absolute Gasteiger partial charge is 0.314 e. The Bertz CT molecular complexity index is 141. The Hall–Kier alpha value is 0.270. The van der Waals surface area contributed by atoms with Gasteiger partial charge in [-0.2, -0.15) is 11.8 Å². The van der Waals surface area contributed by atoms with E-state index in [1.807, 2.05) is 11.8 Å². The molecule has 78 valence electrons. The summed E-state index contributed by atoms with van der Waals surface area (Å²) in [6.07, 6.45) is 4.85. The molecule has 3 heteroatoms. The first-order valence-electron chi connectivity index (χ1n) is 5.23. The van der Waals surface area contributed by atoms with E-state index >= 15 is 0 Å². The molecule has 1 aliphatic rings. The van der Waals surface area contributed by atoms with Crippen LogP contribution in [0.1, 0.15) is 19.8 Å². The predicted octanol–water partition coefficient (Wildman–Crippen LogP) is 1.42. The number of rotatable bonds is 5. The lowest BCUT2D eigenvalue weighted by Gasteiger charge is -2.27. The Morgan fingerprint density at radius 2 is 2.23 bits per heavy atom. The summed E-state index contributed by atoms with van der Waals surface area (Å²) in [4.78, 5) is 2.52. The van der Waals surface area contributed by atoms with Gasteiger partial charge in [-0.25, -0.2) is 0 Å². The average molecular weight is 202 g/mol. The fourth-order valence-corrected chi connectivity index (χ4v) is 2.80. The van der Waals surface area contributed by atoms with Gasteiger partial charge < -0.3 is 10.2 Å². The molecule has 0 amide bonds. The molecule has 2 atom stereocenters. The molecular formula is C10H22N2S. The third kappa shape index (κ3) is 3.15. The highest BCUT2D eigenvalue weighted by molar-refractivity contribution is 7.99. The van der Waals surface area contributed by atoms with Crippen molar-refractivity contribution in [1.29, 1.82) is 0 Å². The van der Waals surface area contributed by atoms with Gasteiger partial charge in [-0.05, 0) is 26.3 Å². The standard InChI is InChI=1S/C10H22N2S/c1-4-5-6-12(2)9-7-11-8-10(9)13-3/h9-11H,4-8H2,1-3H3. The number of nitrogens with zero attached hydrogens (tertiary/aromatic N) is 1. The summed E-state index contributed by atoms with van der Waals surface area (Å²) in [5.74, 6) is 0.